The highest BCUT2D eigenvalue weighted by molar-refractivity contribution is 7.93. The first-order chi connectivity index (χ1) is 15.3. The molecule has 1 aromatic heterocycles. The molecule has 1 atom stereocenters. The van der Waals surface area contributed by atoms with Crippen molar-refractivity contribution in [2.75, 3.05) is 22.7 Å². The summed E-state index contributed by atoms with van der Waals surface area (Å²) >= 11 is 1.21. The Morgan fingerprint density at radius 3 is 2.66 bits per heavy atom. The zero-order valence-electron chi connectivity index (χ0n) is 18.0. The summed E-state index contributed by atoms with van der Waals surface area (Å²) in [5.74, 6) is 0.0162. The molecule has 168 valence electrons. The summed E-state index contributed by atoms with van der Waals surface area (Å²) < 4.78 is 27.4. The summed E-state index contributed by atoms with van der Waals surface area (Å²) in [6, 6.07) is 12.6. The van der Waals surface area contributed by atoms with Gasteiger partial charge in [-0.25, -0.2) is 13.4 Å². The zero-order chi connectivity index (χ0) is 22.7. The molecule has 0 saturated carbocycles. The van der Waals surface area contributed by atoms with Gasteiger partial charge < -0.3 is 10.2 Å². The van der Waals surface area contributed by atoms with E-state index in [-0.39, 0.29) is 16.8 Å². The topological polar surface area (TPSA) is 91.4 Å². The van der Waals surface area contributed by atoms with Crippen LogP contribution in [0.4, 0.5) is 10.8 Å². The summed E-state index contributed by atoms with van der Waals surface area (Å²) in [6.07, 6.45) is 3.13. The van der Waals surface area contributed by atoms with Crippen LogP contribution < -0.4 is 14.9 Å². The summed E-state index contributed by atoms with van der Waals surface area (Å²) in [5, 5.41) is 5.40. The van der Waals surface area contributed by atoms with Gasteiger partial charge in [0.05, 0.1) is 10.9 Å². The quantitative estimate of drug-likeness (QED) is 0.526. The second kappa shape index (κ2) is 9.40. The second-order valence-electron chi connectivity index (χ2n) is 7.90. The van der Waals surface area contributed by atoms with Gasteiger partial charge in [0.1, 0.15) is 0 Å². The third-order valence-electron chi connectivity index (χ3n) is 5.61. The van der Waals surface area contributed by atoms with Gasteiger partial charge in [-0.3, -0.25) is 9.52 Å². The largest absolute Gasteiger partial charge is 0.311 e. The number of carbonyl (C=O) groups excluding carboxylic acids is 1. The van der Waals surface area contributed by atoms with E-state index in [4.69, 9.17) is 0 Å². The molecule has 1 aliphatic rings. The van der Waals surface area contributed by atoms with Crippen LogP contribution >= 0.6 is 11.3 Å². The minimum atomic E-state index is -3.71. The minimum absolute atomic E-state index is 0.0162. The Balaban J connectivity index is 1.35. The normalized spacial score (nSPS) is 16.5. The van der Waals surface area contributed by atoms with E-state index in [2.05, 4.69) is 47.1 Å². The number of sulfonamides is 1. The van der Waals surface area contributed by atoms with E-state index >= 15 is 0 Å². The second-order valence-corrected chi connectivity index (χ2v) is 10.5. The minimum Gasteiger partial charge on any atom is -0.311 e. The van der Waals surface area contributed by atoms with Crippen molar-refractivity contribution in [3.63, 3.8) is 0 Å². The van der Waals surface area contributed by atoms with Crippen molar-refractivity contribution in [3.8, 4) is 0 Å². The number of hydrogen-bond donors (Lipinski definition) is 2. The predicted molar refractivity (Wildman–Crippen MR) is 128 cm³/mol. The SMILES string of the molecule is Cc1ccc(C)c(CCN[C@H]2CCN(c3ccc(S(=O)(=O)Nc4nccs4)cc3)C2=O)c1. The first kappa shape index (κ1) is 22.4. The Morgan fingerprint density at radius 1 is 1.16 bits per heavy atom. The molecule has 1 aliphatic heterocycles. The molecule has 0 radical (unpaired) electrons. The van der Waals surface area contributed by atoms with Crippen molar-refractivity contribution in [2.24, 2.45) is 0 Å². The Kier molecular flexibility index (Phi) is 6.59. The van der Waals surface area contributed by atoms with Crippen LogP contribution in [0.3, 0.4) is 0 Å². The molecule has 1 amide bonds. The van der Waals surface area contributed by atoms with Crippen LogP contribution in [0.25, 0.3) is 0 Å². The Labute approximate surface area is 192 Å². The molecule has 4 rings (SSSR count). The van der Waals surface area contributed by atoms with Crippen LogP contribution in [0.5, 0.6) is 0 Å². The molecular formula is C23H26N4O3S2. The molecule has 7 nitrogen and oxygen atoms in total. The molecule has 1 saturated heterocycles. The van der Waals surface area contributed by atoms with Crippen LogP contribution in [-0.2, 0) is 21.2 Å². The number of amides is 1. The lowest BCUT2D eigenvalue weighted by molar-refractivity contribution is -0.118. The molecular weight excluding hydrogens is 444 g/mol. The van der Waals surface area contributed by atoms with Crippen molar-refractivity contribution in [3.05, 3.63) is 70.7 Å². The number of nitrogens with one attached hydrogen (secondary N) is 2. The van der Waals surface area contributed by atoms with Gasteiger partial charge in [-0.05, 0) is 68.6 Å². The molecule has 0 unspecified atom stereocenters. The lowest BCUT2D eigenvalue weighted by Crippen LogP contribution is -2.39. The maximum absolute atomic E-state index is 12.9. The first-order valence-electron chi connectivity index (χ1n) is 10.5. The van der Waals surface area contributed by atoms with Gasteiger partial charge >= 0.3 is 0 Å². The van der Waals surface area contributed by atoms with Crippen LogP contribution in [0.15, 0.2) is 58.9 Å². The number of carbonyl (C=O) groups is 1. The lowest BCUT2D eigenvalue weighted by Gasteiger charge is -2.18. The third-order valence-corrected chi connectivity index (χ3v) is 7.78. The van der Waals surface area contributed by atoms with Gasteiger partial charge in [-0.2, -0.15) is 0 Å². The summed E-state index contributed by atoms with van der Waals surface area (Å²) in [6.45, 7) is 5.52. The number of rotatable bonds is 8. The Hall–Kier alpha value is -2.75. The van der Waals surface area contributed by atoms with E-state index in [0.29, 0.717) is 17.4 Å². The zero-order valence-corrected chi connectivity index (χ0v) is 19.7. The van der Waals surface area contributed by atoms with Gasteiger partial charge in [0.2, 0.25) is 5.91 Å². The third kappa shape index (κ3) is 5.01. The Morgan fingerprint density at radius 2 is 1.94 bits per heavy atom. The maximum atomic E-state index is 12.9. The van der Waals surface area contributed by atoms with E-state index in [1.165, 1.54) is 46.4 Å². The molecule has 1 fully saturated rings. The summed E-state index contributed by atoms with van der Waals surface area (Å²) in [7, 11) is -3.71. The van der Waals surface area contributed by atoms with Crippen molar-refractivity contribution in [1.29, 1.82) is 0 Å². The van der Waals surface area contributed by atoms with Gasteiger partial charge in [-0.1, -0.05) is 23.8 Å². The fourth-order valence-corrected chi connectivity index (χ4v) is 5.62. The molecule has 2 aromatic carbocycles. The molecule has 0 bridgehead atoms. The number of hydrogen-bond acceptors (Lipinski definition) is 6. The van der Waals surface area contributed by atoms with Gasteiger partial charge in [0, 0.05) is 23.8 Å². The number of aromatic nitrogens is 1. The van der Waals surface area contributed by atoms with Gasteiger partial charge in [0.15, 0.2) is 5.13 Å². The van der Waals surface area contributed by atoms with Crippen molar-refractivity contribution in [2.45, 2.75) is 37.6 Å². The van der Waals surface area contributed by atoms with Crippen molar-refractivity contribution < 1.29 is 13.2 Å². The number of aryl methyl sites for hydroxylation is 2. The van der Waals surface area contributed by atoms with Crippen LogP contribution in [-0.4, -0.2) is 38.4 Å². The highest BCUT2D eigenvalue weighted by Crippen LogP contribution is 2.25. The van der Waals surface area contributed by atoms with E-state index in [1.54, 1.807) is 22.4 Å². The molecule has 2 N–H and O–H groups in total. The molecule has 0 spiro atoms. The van der Waals surface area contributed by atoms with Crippen LogP contribution in [0.2, 0.25) is 0 Å². The number of nitrogens with zero attached hydrogens (tertiary/aromatic N) is 2. The highest BCUT2D eigenvalue weighted by atomic mass is 32.2. The average molecular weight is 471 g/mol. The molecule has 3 aromatic rings. The number of thiazole rings is 1. The van der Waals surface area contributed by atoms with Crippen molar-refractivity contribution >= 4 is 38.1 Å². The van der Waals surface area contributed by atoms with Crippen molar-refractivity contribution in [1.82, 2.24) is 10.3 Å². The predicted octanol–water partition coefficient (Wildman–Crippen LogP) is 3.50. The molecule has 32 heavy (non-hydrogen) atoms. The lowest BCUT2D eigenvalue weighted by atomic mass is 10.0. The fraction of sp³-hybridized carbons (Fsp3) is 0.304. The monoisotopic (exact) mass is 470 g/mol. The van der Waals surface area contributed by atoms with Crippen LogP contribution in [0, 0.1) is 13.8 Å². The fourth-order valence-electron chi connectivity index (χ4n) is 3.83. The molecule has 9 heteroatoms. The molecule has 0 aliphatic carbocycles. The standard InChI is InChI=1S/C23H26N4O3S2/c1-16-3-4-17(2)18(15-16)9-11-24-21-10-13-27(22(21)28)19-5-7-20(8-6-19)32(29,30)26-23-25-12-14-31-23/h3-8,12,14-15,21,24H,9-11,13H2,1-2H3,(H,25,26)/t21-/m0/s1. The van der Waals surface area contributed by atoms with E-state index in [9.17, 15) is 13.2 Å². The first-order valence-corrected chi connectivity index (χ1v) is 12.8. The van der Waals surface area contributed by atoms with Crippen LogP contribution in [0.1, 0.15) is 23.1 Å². The number of anilines is 2. The Bertz CT molecular complexity index is 1190. The van der Waals surface area contributed by atoms with E-state index < -0.39 is 10.0 Å². The molecule has 2 heterocycles. The summed E-state index contributed by atoms with van der Waals surface area (Å²) in [5.41, 5.74) is 4.49. The maximum Gasteiger partial charge on any atom is 0.263 e. The highest BCUT2D eigenvalue weighted by Gasteiger charge is 2.32. The number of benzene rings is 2. The van der Waals surface area contributed by atoms with Gasteiger partial charge in [-0.15, -0.1) is 11.3 Å². The van der Waals surface area contributed by atoms with E-state index in [0.717, 1.165) is 19.4 Å². The van der Waals surface area contributed by atoms with E-state index in [1.807, 2.05) is 0 Å². The average Bonchev–Trinajstić information content (AvgIpc) is 3.40. The summed E-state index contributed by atoms with van der Waals surface area (Å²) in [4.78, 5) is 18.7. The van der Waals surface area contributed by atoms with Gasteiger partial charge in [0.25, 0.3) is 10.0 Å². The smallest absolute Gasteiger partial charge is 0.263 e.